The molecule has 22 heavy (non-hydrogen) atoms. The van der Waals surface area contributed by atoms with Crippen LogP contribution in [0.25, 0.3) is 6.08 Å². The molecule has 0 bridgehead atoms. The second-order valence-corrected chi connectivity index (χ2v) is 5.21. The topological polar surface area (TPSA) is 77.8 Å². The maximum absolute atomic E-state index is 11.4. The van der Waals surface area contributed by atoms with Crippen LogP contribution in [0, 0.1) is 6.92 Å². The van der Waals surface area contributed by atoms with E-state index < -0.39 is 5.97 Å². The Morgan fingerprint density at radius 2 is 1.73 bits per heavy atom. The highest BCUT2D eigenvalue weighted by molar-refractivity contribution is 5.92. The van der Waals surface area contributed by atoms with Crippen molar-refractivity contribution < 1.29 is 20.1 Å². The largest absolute Gasteiger partial charge is 0.504 e. The second kappa shape index (κ2) is 6.80. The summed E-state index contributed by atoms with van der Waals surface area (Å²) in [7, 11) is 0. The number of carboxylic acid groups (broad SMARTS) is 1. The zero-order valence-corrected chi connectivity index (χ0v) is 12.3. The first-order chi connectivity index (χ1) is 10.5. The summed E-state index contributed by atoms with van der Waals surface area (Å²) >= 11 is 0. The van der Waals surface area contributed by atoms with Gasteiger partial charge >= 0.3 is 5.97 Å². The zero-order valence-electron chi connectivity index (χ0n) is 12.3. The van der Waals surface area contributed by atoms with E-state index in [1.807, 2.05) is 31.2 Å². The molecule has 4 heteroatoms. The number of aliphatic carboxylic acids is 1. The quantitative estimate of drug-likeness (QED) is 0.583. The number of phenolic OH excluding ortho intramolecular Hbond substituents is 2. The molecule has 0 amide bonds. The highest BCUT2D eigenvalue weighted by Crippen LogP contribution is 2.26. The summed E-state index contributed by atoms with van der Waals surface area (Å²) in [6, 6.07) is 12.2. The van der Waals surface area contributed by atoms with Crippen LogP contribution in [0.1, 0.15) is 23.1 Å². The minimum Gasteiger partial charge on any atom is -0.504 e. The summed E-state index contributed by atoms with van der Waals surface area (Å²) < 4.78 is 0. The highest BCUT2D eigenvalue weighted by Gasteiger charge is 2.09. The van der Waals surface area contributed by atoms with Gasteiger partial charge in [-0.1, -0.05) is 35.9 Å². The lowest BCUT2D eigenvalue weighted by atomic mass is 10.0. The highest BCUT2D eigenvalue weighted by atomic mass is 16.4. The Hall–Kier alpha value is -2.75. The fraction of sp³-hybridized carbons (Fsp3) is 0.167. The lowest BCUT2D eigenvalue weighted by Crippen LogP contribution is -2.02. The van der Waals surface area contributed by atoms with Crippen molar-refractivity contribution in [3.05, 3.63) is 64.7 Å². The van der Waals surface area contributed by atoms with E-state index in [4.69, 9.17) is 0 Å². The number of aromatic hydroxyl groups is 2. The van der Waals surface area contributed by atoms with Crippen molar-refractivity contribution in [2.45, 2.75) is 19.8 Å². The molecule has 0 fully saturated rings. The molecule has 3 N–H and O–H groups in total. The van der Waals surface area contributed by atoms with Crippen molar-refractivity contribution in [3.8, 4) is 11.5 Å². The van der Waals surface area contributed by atoms with Crippen molar-refractivity contribution in [3.63, 3.8) is 0 Å². The molecule has 0 aliphatic carbocycles. The van der Waals surface area contributed by atoms with E-state index >= 15 is 0 Å². The molecule has 4 nitrogen and oxygen atoms in total. The van der Waals surface area contributed by atoms with E-state index in [9.17, 15) is 20.1 Å². The van der Waals surface area contributed by atoms with Gasteiger partial charge in [-0.25, -0.2) is 4.79 Å². The molecule has 0 saturated carbocycles. The molecule has 2 aromatic carbocycles. The molecule has 2 aromatic rings. The van der Waals surface area contributed by atoms with Gasteiger partial charge in [0.2, 0.25) is 0 Å². The van der Waals surface area contributed by atoms with E-state index in [0.717, 1.165) is 11.1 Å². The molecule has 2 rings (SSSR count). The zero-order chi connectivity index (χ0) is 16.1. The molecule has 0 unspecified atom stereocenters. The monoisotopic (exact) mass is 298 g/mol. The van der Waals surface area contributed by atoms with Gasteiger partial charge < -0.3 is 15.3 Å². The molecule has 0 saturated heterocycles. The fourth-order valence-electron chi connectivity index (χ4n) is 2.11. The van der Waals surface area contributed by atoms with Crippen molar-refractivity contribution in [1.82, 2.24) is 0 Å². The van der Waals surface area contributed by atoms with Gasteiger partial charge in [0.15, 0.2) is 11.5 Å². The summed E-state index contributed by atoms with van der Waals surface area (Å²) in [6.45, 7) is 2.00. The standard InChI is InChI=1S/C18H18O4/c1-12-2-4-13(5-3-12)6-8-15(18(21)22)10-14-7-9-16(19)17(20)11-14/h2-5,7,9-11,19-20H,6,8H2,1H3,(H,21,22)/b15-10+. The van der Waals surface area contributed by atoms with E-state index in [1.165, 1.54) is 18.2 Å². The molecule has 0 aliphatic rings. The molecule has 0 atom stereocenters. The van der Waals surface area contributed by atoms with Gasteiger partial charge in [0.25, 0.3) is 0 Å². The molecule has 0 radical (unpaired) electrons. The minimum absolute atomic E-state index is 0.228. The van der Waals surface area contributed by atoms with Crippen LogP contribution in [0.2, 0.25) is 0 Å². The van der Waals surface area contributed by atoms with Crippen LogP contribution in [-0.2, 0) is 11.2 Å². The summed E-state index contributed by atoms with van der Waals surface area (Å²) in [5, 5.41) is 28.0. The van der Waals surface area contributed by atoms with Gasteiger partial charge in [-0.05, 0) is 49.1 Å². The third kappa shape index (κ3) is 4.12. The van der Waals surface area contributed by atoms with Crippen LogP contribution in [0.5, 0.6) is 11.5 Å². The average Bonchev–Trinajstić information content (AvgIpc) is 2.48. The fourth-order valence-corrected chi connectivity index (χ4v) is 2.11. The number of phenols is 2. The summed E-state index contributed by atoms with van der Waals surface area (Å²) in [5.74, 6) is -1.48. The Labute approximate surface area is 129 Å². The normalized spacial score (nSPS) is 11.4. The average molecular weight is 298 g/mol. The summed E-state index contributed by atoms with van der Waals surface area (Å²) in [6.07, 6.45) is 2.53. The van der Waals surface area contributed by atoms with E-state index in [-0.39, 0.29) is 17.1 Å². The number of carbonyl (C=O) groups is 1. The first-order valence-electron chi connectivity index (χ1n) is 6.97. The first-order valence-corrected chi connectivity index (χ1v) is 6.97. The Balaban J connectivity index is 2.15. The van der Waals surface area contributed by atoms with Gasteiger partial charge in [0, 0.05) is 5.57 Å². The molecule has 0 aromatic heterocycles. The van der Waals surface area contributed by atoms with E-state index in [1.54, 1.807) is 6.07 Å². The number of hydrogen-bond donors (Lipinski definition) is 3. The van der Waals surface area contributed by atoms with E-state index in [0.29, 0.717) is 18.4 Å². The number of rotatable bonds is 5. The molecule has 0 heterocycles. The minimum atomic E-state index is -0.986. The third-order valence-electron chi connectivity index (χ3n) is 3.42. The van der Waals surface area contributed by atoms with Gasteiger partial charge in [-0.3, -0.25) is 0 Å². The lowest BCUT2D eigenvalue weighted by Gasteiger charge is -2.05. The molecule has 0 aliphatic heterocycles. The second-order valence-electron chi connectivity index (χ2n) is 5.21. The molecular weight excluding hydrogens is 280 g/mol. The summed E-state index contributed by atoms with van der Waals surface area (Å²) in [4.78, 5) is 11.4. The van der Waals surface area contributed by atoms with Gasteiger partial charge in [0.05, 0.1) is 0 Å². The lowest BCUT2D eigenvalue weighted by molar-refractivity contribution is -0.132. The number of benzene rings is 2. The summed E-state index contributed by atoms with van der Waals surface area (Å²) in [5.41, 5.74) is 3.03. The Bertz CT molecular complexity index is 700. The predicted molar refractivity (Wildman–Crippen MR) is 84.9 cm³/mol. The van der Waals surface area contributed by atoms with Crippen molar-refractivity contribution >= 4 is 12.0 Å². The first kappa shape index (κ1) is 15.6. The SMILES string of the molecule is Cc1ccc(CC/C(=C\c2ccc(O)c(O)c2)C(=O)O)cc1. The number of aryl methyl sites for hydroxylation is 2. The van der Waals surface area contributed by atoms with Crippen LogP contribution in [0.4, 0.5) is 0 Å². The van der Waals surface area contributed by atoms with Gasteiger partial charge in [0.1, 0.15) is 0 Å². The Kier molecular flexibility index (Phi) is 4.84. The number of hydrogen-bond acceptors (Lipinski definition) is 3. The van der Waals surface area contributed by atoms with Crippen molar-refractivity contribution in [2.75, 3.05) is 0 Å². The van der Waals surface area contributed by atoms with E-state index in [2.05, 4.69) is 0 Å². The van der Waals surface area contributed by atoms with Crippen LogP contribution in [-0.4, -0.2) is 21.3 Å². The van der Waals surface area contributed by atoms with Crippen LogP contribution in [0.15, 0.2) is 48.0 Å². The Morgan fingerprint density at radius 1 is 1.05 bits per heavy atom. The maximum atomic E-state index is 11.4. The molecular formula is C18H18O4. The van der Waals surface area contributed by atoms with Gasteiger partial charge in [-0.2, -0.15) is 0 Å². The van der Waals surface area contributed by atoms with Crippen molar-refractivity contribution in [2.24, 2.45) is 0 Å². The van der Waals surface area contributed by atoms with Gasteiger partial charge in [-0.15, -0.1) is 0 Å². The van der Waals surface area contributed by atoms with Crippen LogP contribution in [0.3, 0.4) is 0 Å². The van der Waals surface area contributed by atoms with Crippen molar-refractivity contribution in [1.29, 1.82) is 0 Å². The predicted octanol–water partition coefficient (Wildman–Crippen LogP) is 3.51. The van der Waals surface area contributed by atoms with Crippen LogP contribution < -0.4 is 0 Å². The Morgan fingerprint density at radius 3 is 2.32 bits per heavy atom. The third-order valence-corrected chi connectivity index (χ3v) is 3.42. The maximum Gasteiger partial charge on any atom is 0.331 e. The smallest absolute Gasteiger partial charge is 0.331 e. The number of carboxylic acids is 1. The molecule has 0 spiro atoms. The molecule has 114 valence electrons. The van der Waals surface area contributed by atoms with Crippen LogP contribution >= 0.6 is 0 Å².